The quantitative estimate of drug-likeness (QED) is 0.846. The standard InChI is InChI=1S/C15H18O2/c1-10-3-4-11-5-6-12(9-13(10)11)15(14(16)17)7-2-8-15/h5-6,9-10H,2-4,7-8H2,1H3,(H,16,17). The van der Waals surface area contributed by atoms with Gasteiger partial charge in [-0.15, -0.1) is 0 Å². The molecule has 17 heavy (non-hydrogen) atoms. The van der Waals surface area contributed by atoms with Gasteiger partial charge >= 0.3 is 5.97 Å². The smallest absolute Gasteiger partial charge is 0.314 e. The molecule has 90 valence electrons. The van der Waals surface area contributed by atoms with Crippen molar-refractivity contribution in [2.75, 3.05) is 0 Å². The summed E-state index contributed by atoms with van der Waals surface area (Å²) in [5.41, 5.74) is 3.26. The molecule has 0 amide bonds. The SMILES string of the molecule is CC1CCc2ccc(C3(C(=O)O)CCC3)cc21. The second kappa shape index (κ2) is 3.59. The van der Waals surface area contributed by atoms with Crippen LogP contribution in [0, 0.1) is 0 Å². The number of benzene rings is 1. The summed E-state index contributed by atoms with van der Waals surface area (Å²) in [5, 5.41) is 9.45. The Kier molecular flexibility index (Phi) is 2.29. The summed E-state index contributed by atoms with van der Waals surface area (Å²) in [6.07, 6.45) is 5.00. The Morgan fingerprint density at radius 1 is 1.41 bits per heavy atom. The summed E-state index contributed by atoms with van der Waals surface area (Å²) in [7, 11) is 0. The Morgan fingerprint density at radius 2 is 2.18 bits per heavy atom. The summed E-state index contributed by atoms with van der Waals surface area (Å²) < 4.78 is 0. The fourth-order valence-electron chi connectivity index (χ4n) is 3.26. The first kappa shape index (κ1) is 10.8. The Morgan fingerprint density at radius 3 is 2.76 bits per heavy atom. The van der Waals surface area contributed by atoms with E-state index in [0.717, 1.165) is 31.2 Å². The van der Waals surface area contributed by atoms with Crippen molar-refractivity contribution in [1.29, 1.82) is 0 Å². The van der Waals surface area contributed by atoms with Crippen molar-refractivity contribution in [3.05, 3.63) is 34.9 Å². The van der Waals surface area contributed by atoms with Gasteiger partial charge in [-0.2, -0.15) is 0 Å². The predicted molar refractivity (Wildman–Crippen MR) is 66.3 cm³/mol. The highest BCUT2D eigenvalue weighted by atomic mass is 16.4. The molecule has 0 spiro atoms. The third-order valence-electron chi connectivity index (χ3n) is 4.69. The fourth-order valence-corrected chi connectivity index (χ4v) is 3.26. The molecule has 2 aliphatic carbocycles. The zero-order chi connectivity index (χ0) is 12.0. The van der Waals surface area contributed by atoms with E-state index in [-0.39, 0.29) is 0 Å². The second-order valence-electron chi connectivity index (χ2n) is 5.59. The van der Waals surface area contributed by atoms with Crippen LogP contribution < -0.4 is 0 Å². The lowest BCUT2D eigenvalue weighted by Crippen LogP contribution is -2.42. The average Bonchev–Trinajstić information content (AvgIpc) is 2.58. The molecule has 2 nitrogen and oxygen atoms in total. The Labute approximate surface area is 102 Å². The number of hydrogen-bond donors (Lipinski definition) is 1. The van der Waals surface area contributed by atoms with E-state index >= 15 is 0 Å². The minimum atomic E-state index is -0.644. The van der Waals surface area contributed by atoms with E-state index in [9.17, 15) is 9.90 Å². The molecule has 0 aliphatic heterocycles. The molecule has 3 rings (SSSR count). The van der Waals surface area contributed by atoms with Gasteiger partial charge in [0.1, 0.15) is 0 Å². The number of fused-ring (bicyclic) bond motifs is 1. The van der Waals surface area contributed by atoms with Crippen LogP contribution in [0.15, 0.2) is 18.2 Å². The third kappa shape index (κ3) is 1.43. The van der Waals surface area contributed by atoms with Crippen LogP contribution in [-0.2, 0) is 16.6 Å². The highest BCUT2D eigenvalue weighted by molar-refractivity contribution is 5.82. The molecule has 0 heterocycles. The molecule has 2 aliphatic rings. The fraction of sp³-hybridized carbons (Fsp3) is 0.533. The molecule has 2 heteroatoms. The van der Waals surface area contributed by atoms with E-state index < -0.39 is 11.4 Å². The first-order valence-corrected chi connectivity index (χ1v) is 6.50. The van der Waals surface area contributed by atoms with Crippen molar-refractivity contribution in [3.8, 4) is 0 Å². The maximum atomic E-state index is 11.5. The number of carboxylic acids is 1. The first-order chi connectivity index (χ1) is 8.13. The topological polar surface area (TPSA) is 37.3 Å². The molecule has 0 saturated heterocycles. The molecule has 1 saturated carbocycles. The molecule has 1 unspecified atom stereocenters. The molecule has 1 atom stereocenters. The minimum Gasteiger partial charge on any atom is -0.481 e. The van der Waals surface area contributed by atoms with Crippen LogP contribution in [0.1, 0.15) is 55.2 Å². The minimum absolute atomic E-state index is 0.572. The molecule has 1 N–H and O–H groups in total. The molecular formula is C15H18O2. The van der Waals surface area contributed by atoms with Gasteiger partial charge in [0.2, 0.25) is 0 Å². The normalized spacial score (nSPS) is 25.1. The van der Waals surface area contributed by atoms with Crippen LogP contribution in [0.5, 0.6) is 0 Å². The van der Waals surface area contributed by atoms with Crippen LogP contribution in [-0.4, -0.2) is 11.1 Å². The molecule has 1 aromatic carbocycles. The van der Waals surface area contributed by atoms with Gasteiger partial charge in [0.05, 0.1) is 5.41 Å². The molecule has 0 aromatic heterocycles. The van der Waals surface area contributed by atoms with Gasteiger partial charge < -0.3 is 5.11 Å². The molecule has 1 fully saturated rings. The van der Waals surface area contributed by atoms with E-state index in [1.165, 1.54) is 17.5 Å². The summed E-state index contributed by atoms with van der Waals surface area (Å²) >= 11 is 0. The van der Waals surface area contributed by atoms with Gasteiger partial charge in [0.25, 0.3) is 0 Å². The average molecular weight is 230 g/mol. The summed E-state index contributed by atoms with van der Waals surface area (Å²) in [4.78, 5) is 11.5. The highest BCUT2D eigenvalue weighted by Gasteiger charge is 2.46. The van der Waals surface area contributed by atoms with E-state index in [1.807, 2.05) is 6.07 Å². The molecule has 0 radical (unpaired) electrons. The lowest BCUT2D eigenvalue weighted by molar-refractivity contribution is -0.147. The zero-order valence-corrected chi connectivity index (χ0v) is 10.2. The molecule has 1 aromatic rings. The molecule has 0 bridgehead atoms. The van der Waals surface area contributed by atoms with Crippen LogP contribution in [0.25, 0.3) is 0 Å². The number of carboxylic acid groups (broad SMARTS) is 1. The van der Waals surface area contributed by atoms with Crippen LogP contribution >= 0.6 is 0 Å². The van der Waals surface area contributed by atoms with Crippen molar-refractivity contribution in [2.24, 2.45) is 0 Å². The van der Waals surface area contributed by atoms with Crippen LogP contribution in [0.2, 0.25) is 0 Å². The second-order valence-corrected chi connectivity index (χ2v) is 5.59. The predicted octanol–water partition coefficient (Wildman–Crippen LogP) is 3.24. The number of aliphatic carboxylic acids is 1. The van der Waals surface area contributed by atoms with Crippen molar-refractivity contribution in [1.82, 2.24) is 0 Å². The van der Waals surface area contributed by atoms with Gasteiger partial charge in [-0.3, -0.25) is 4.79 Å². The van der Waals surface area contributed by atoms with Gasteiger partial charge in [-0.25, -0.2) is 0 Å². The van der Waals surface area contributed by atoms with Gasteiger partial charge in [-0.05, 0) is 48.3 Å². The lowest BCUT2D eigenvalue weighted by atomic mass is 9.64. The third-order valence-corrected chi connectivity index (χ3v) is 4.69. The lowest BCUT2D eigenvalue weighted by Gasteiger charge is -2.38. The van der Waals surface area contributed by atoms with Crippen molar-refractivity contribution < 1.29 is 9.90 Å². The summed E-state index contributed by atoms with van der Waals surface area (Å²) in [5.74, 6) is -0.0507. The van der Waals surface area contributed by atoms with Crippen molar-refractivity contribution in [2.45, 2.75) is 50.4 Å². The summed E-state index contributed by atoms with van der Waals surface area (Å²) in [6, 6.07) is 6.36. The zero-order valence-electron chi connectivity index (χ0n) is 10.2. The molecular weight excluding hydrogens is 212 g/mol. The Balaban J connectivity index is 2.05. The number of aryl methyl sites for hydroxylation is 1. The highest BCUT2D eigenvalue weighted by Crippen LogP contribution is 2.46. The number of rotatable bonds is 2. The summed E-state index contributed by atoms with van der Waals surface area (Å²) in [6.45, 7) is 2.24. The van der Waals surface area contributed by atoms with Gasteiger partial charge in [0, 0.05) is 0 Å². The van der Waals surface area contributed by atoms with Crippen molar-refractivity contribution in [3.63, 3.8) is 0 Å². The van der Waals surface area contributed by atoms with E-state index in [0.29, 0.717) is 5.92 Å². The number of carbonyl (C=O) groups is 1. The first-order valence-electron chi connectivity index (χ1n) is 6.50. The van der Waals surface area contributed by atoms with E-state index in [1.54, 1.807) is 0 Å². The number of hydrogen-bond acceptors (Lipinski definition) is 1. The maximum Gasteiger partial charge on any atom is 0.314 e. The van der Waals surface area contributed by atoms with Crippen molar-refractivity contribution >= 4 is 5.97 Å². The van der Waals surface area contributed by atoms with Gasteiger partial charge in [0.15, 0.2) is 0 Å². The van der Waals surface area contributed by atoms with Crippen LogP contribution in [0.3, 0.4) is 0 Å². The van der Waals surface area contributed by atoms with Gasteiger partial charge in [-0.1, -0.05) is 31.5 Å². The Bertz CT molecular complexity index is 472. The van der Waals surface area contributed by atoms with E-state index in [2.05, 4.69) is 19.1 Å². The maximum absolute atomic E-state index is 11.5. The van der Waals surface area contributed by atoms with E-state index in [4.69, 9.17) is 0 Å². The Hall–Kier alpha value is -1.31. The largest absolute Gasteiger partial charge is 0.481 e. The van der Waals surface area contributed by atoms with Crippen LogP contribution in [0.4, 0.5) is 0 Å². The monoisotopic (exact) mass is 230 g/mol.